The van der Waals surface area contributed by atoms with Crippen molar-refractivity contribution in [3.63, 3.8) is 0 Å². The first-order valence-electron chi connectivity index (χ1n) is 5.44. The van der Waals surface area contributed by atoms with E-state index in [-0.39, 0.29) is 0 Å². The third-order valence-corrected chi connectivity index (χ3v) is 7.41. The highest BCUT2D eigenvalue weighted by molar-refractivity contribution is 9.10. The van der Waals surface area contributed by atoms with Crippen LogP contribution in [0.4, 0.5) is 5.69 Å². The summed E-state index contributed by atoms with van der Waals surface area (Å²) < 4.78 is 27.7. The van der Waals surface area contributed by atoms with Crippen LogP contribution in [0.2, 0.25) is 0 Å². The van der Waals surface area contributed by atoms with E-state index < -0.39 is 10.0 Å². The average molecular weight is 344 g/mol. The van der Waals surface area contributed by atoms with Crippen molar-refractivity contribution >= 4 is 43.0 Å². The fourth-order valence-electron chi connectivity index (χ4n) is 2.12. The predicted octanol–water partition coefficient (Wildman–Crippen LogP) is 3.26. The number of anilines is 1. The number of halogens is 1. The van der Waals surface area contributed by atoms with Crippen LogP contribution < -0.4 is 4.31 Å². The molecule has 0 aliphatic carbocycles. The summed E-state index contributed by atoms with van der Waals surface area (Å²) in [4.78, 5) is 0. The molecule has 0 bridgehead atoms. The molecule has 1 aromatic heterocycles. The van der Waals surface area contributed by atoms with E-state index >= 15 is 0 Å². The number of para-hydroxylation sites is 1. The zero-order valence-corrected chi connectivity index (χ0v) is 12.6. The minimum atomic E-state index is -3.43. The van der Waals surface area contributed by atoms with Gasteiger partial charge in [-0.3, -0.25) is 4.31 Å². The SMILES string of the molecule is O=S(=O)(c1sccc1Br)N1CCc2ccccc21. The highest BCUT2D eigenvalue weighted by Gasteiger charge is 2.32. The Hall–Kier alpha value is -0.850. The van der Waals surface area contributed by atoms with Crippen LogP contribution in [0.15, 0.2) is 44.4 Å². The van der Waals surface area contributed by atoms with E-state index in [9.17, 15) is 8.42 Å². The molecule has 0 unspecified atom stereocenters. The number of thiophene rings is 1. The fraction of sp³-hybridized carbons (Fsp3) is 0.167. The van der Waals surface area contributed by atoms with Gasteiger partial charge in [0.15, 0.2) is 4.21 Å². The van der Waals surface area contributed by atoms with Crippen LogP contribution in [0.5, 0.6) is 0 Å². The predicted molar refractivity (Wildman–Crippen MR) is 76.7 cm³/mol. The summed E-state index contributed by atoms with van der Waals surface area (Å²) in [6.07, 6.45) is 0.776. The molecule has 0 N–H and O–H groups in total. The number of sulfonamides is 1. The lowest BCUT2D eigenvalue weighted by atomic mass is 10.2. The van der Waals surface area contributed by atoms with Crippen LogP contribution in [0.25, 0.3) is 0 Å². The van der Waals surface area contributed by atoms with Gasteiger partial charge in [-0.15, -0.1) is 11.3 Å². The Morgan fingerprint density at radius 3 is 2.72 bits per heavy atom. The lowest BCUT2D eigenvalue weighted by Gasteiger charge is -2.18. The number of benzene rings is 1. The average Bonchev–Trinajstić information content (AvgIpc) is 2.95. The lowest BCUT2D eigenvalue weighted by molar-refractivity contribution is 0.594. The van der Waals surface area contributed by atoms with Crippen molar-refractivity contribution < 1.29 is 8.42 Å². The molecule has 0 saturated heterocycles. The molecule has 6 heteroatoms. The van der Waals surface area contributed by atoms with Crippen molar-refractivity contribution in [1.82, 2.24) is 0 Å². The fourth-order valence-corrected chi connectivity index (χ4v) is 6.04. The van der Waals surface area contributed by atoms with Gasteiger partial charge < -0.3 is 0 Å². The number of nitrogens with zero attached hydrogens (tertiary/aromatic N) is 1. The first kappa shape index (κ1) is 12.2. The normalized spacial score (nSPS) is 14.8. The van der Waals surface area contributed by atoms with Crippen molar-refractivity contribution in [1.29, 1.82) is 0 Å². The topological polar surface area (TPSA) is 37.4 Å². The second-order valence-corrected chi connectivity index (χ2v) is 7.84. The number of hydrogen-bond donors (Lipinski definition) is 0. The zero-order chi connectivity index (χ0) is 12.8. The van der Waals surface area contributed by atoms with Crippen LogP contribution in [0, 0.1) is 0 Å². The van der Waals surface area contributed by atoms with Gasteiger partial charge >= 0.3 is 0 Å². The Morgan fingerprint density at radius 2 is 2.00 bits per heavy atom. The molecule has 0 atom stereocenters. The van der Waals surface area contributed by atoms with E-state index in [1.807, 2.05) is 24.3 Å². The first-order valence-corrected chi connectivity index (χ1v) is 8.55. The van der Waals surface area contributed by atoms with Crippen molar-refractivity contribution in [3.8, 4) is 0 Å². The van der Waals surface area contributed by atoms with Crippen molar-refractivity contribution in [2.45, 2.75) is 10.6 Å². The maximum absolute atomic E-state index is 12.6. The Labute approximate surface area is 118 Å². The van der Waals surface area contributed by atoms with E-state index in [1.165, 1.54) is 15.6 Å². The van der Waals surface area contributed by atoms with Crippen molar-refractivity contribution in [3.05, 3.63) is 45.7 Å². The molecule has 0 radical (unpaired) electrons. The Morgan fingerprint density at radius 1 is 1.22 bits per heavy atom. The Balaban J connectivity index is 2.10. The van der Waals surface area contributed by atoms with Crippen molar-refractivity contribution in [2.24, 2.45) is 0 Å². The third-order valence-electron chi connectivity index (χ3n) is 2.95. The molecule has 0 saturated carbocycles. The minimum Gasteiger partial charge on any atom is -0.265 e. The summed E-state index contributed by atoms with van der Waals surface area (Å²) in [5.74, 6) is 0. The molecule has 1 aliphatic heterocycles. The minimum absolute atomic E-state index is 0.374. The zero-order valence-electron chi connectivity index (χ0n) is 9.34. The van der Waals surface area contributed by atoms with Gasteiger partial charge in [-0.1, -0.05) is 18.2 Å². The lowest BCUT2D eigenvalue weighted by Crippen LogP contribution is -2.28. The Bertz CT molecular complexity index is 694. The van der Waals surface area contributed by atoms with Gasteiger partial charge in [0.1, 0.15) is 0 Å². The molecule has 0 spiro atoms. The summed E-state index contributed by atoms with van der Waals surface area (Å²) in [7, 11) is -3.43. The maximum atomic E-state index is 12.6. The first-order chi connectivity index (χ1) is 8.60. The van der Waals surface area contributed by atoms with E-state index in [4.69, 9.17) is 0 Å². The quantitative estimate of drug-likeness (QED) is 0.839. The van der Waals surface area contributed by atoms with Crippen molar-refractivity contribution in [2.75, 3.05) is 10.8 Å². The van der Waals surface area contributed by atoms with E-state index in [1.54, 1.807) is 11.4 Å². The molecule has 3 rings (SSSR count). The van der Waals surface area contributed by atoms with E-state index in [2.05, 4.69) is 15.9 Å². The van der Waals surface area contributed by atoms with Gasteiger partial charge in [0.2, 0.25) is 0 Å². The van der Waals surface area contributed by atoms with Crippen LogP contribution in [-0.2, 0) is 16.4 Å². The largest absolute Gasteiger partial charge is 0.274 e. The molecule has 2 heterocycles. The van der Waals surface area contributed by atoms with Gasteiger partial charge in [-0.25, -0.2) is 8.42 Å². The summed E-state index contributed by atoms with van der Waals surface area (Å²) in [6.45, 7) is 0.520. The molecule has 3 nitrogen and oxygen atoms in total. The smallest absolute Gasteiger partial charge is 0.265 e. The highest BCUT2D eigenvalue weighted by atomic mass is 79.9. The second kappa shape index (κ2) is 4.36. The van der Waals surface area contributed by atoms with Gasteiger partial charge in [0, 0.05) is 11.0 Å². The number of fused-ring (bicyclic) bond motifs is 1. The summed E-state index contributed by atoms with van der Waals surface area (Å²) in [6, 6.07) is 9.42. The van der Waals surface area contributed by atoms with Gasteiger partial charge in [0.05, 0.1) is 5.69 Å². The van der Waals surface area contributed by atoms with Crippen LogP contribution in [0.1, 0.15) is 5.56 Å². The second-order valence-electron chi connectivity index (χ2n) is 4.01. The molecule has 2 aromatic rings. The summed E-state index contributed by atoms with van der Waals surface area (Å²) in [5, 5.41) is 1.78. The number of rotatable bonds is 2. The third kappa shape index (κ3) is 1.79. The van der Waals surface area contributed by atoms with Gasteiger partial charge in [-0.2, -0.15) is 0 Å². The van der Waals surface area contributed by atoms with E-state index in [0.29, 0.717) is 15.2 Å². The Kier molecular flexibility index (Phi) is 2.96. The van der Waals surface area contributed by atoms with E-state index in [0.717, 1.165) is 17.7 Å². The van der Waals surface area contributed by atoms with Crippen LogP contribution >= 0.6 is 27.3 Å². The summed E-state index contributed by atoms with van der Waals surface area (Å²) >= 11 is 4.54. The molecule has 1 aromatic carbocycles. The molecule has 94 valence electrons. The van der Waals surface area contributed by atoms with Crippen LogP contribution in [-0.4, -0.2) is 15.0 Å². The molecular formula is C12H10BrNO2S2. The molecule has 18 heavy (non-hydrogen) atoms. The van der Waals surface area contributed by atoms with Gasteiger partial charge in [0.25, 0.3) is 10.0 Å². The molecule has 0 amide bonds. The maximum Gasteiger partial charge on any atom is 0.274 e. The summed E-state index contributed by atoms with van der Waals surface area (Å²) in [5.41, 5.74) is 1.89. The monoisotopic (exact) mass is 343 g/mol. The van der Waals surface area contributed by atoms with Crippen LogP contribution in [0.3, 0.4) is 0 Å². The molecular weight excluding hydrogens is 334 g/mol. The number of hydrogen-bond acceptors (Lipinski definition) is 3. The highest BCUT2D eigenvalue weighted by Crippen LogP contribution is 2.36. The standard InChI is InChI=1S/C12H10BrNO2S2/c13-10-6-8-17-12(10)18(15,16)14-7-5-9-3-1-2-4-11(9)14/h1-4,6,8H,5,7H2. The molecule has 1 aliphatic rings. The van der Waals surface area contributed by atoms with Gasteiger partial charge in [-0.05, 0) is 45.4 Å². The molecule has 0 fully saturated rings.